The van der Waals surface area contributed by atoms with Crippen LogP contribution in [-0.4, -0.2) is 38.0 Å². The van der Waals surface area contributed by atoms with E-state index in [1.54, 1.807) is 12.3 Å². The van der Waals surface area contributed by atoms with Crippen LogP contribution in [0.2, 0.25) is 5.02 Å². The SMILES string of the molecule is O=S1(=O)CCC2(CCCN(c3ccnc4cc(F)c(Cl)cc34)C2)C1. The Morgan fingerprint density at radius 3 is 2.88 bits per heavy atom. The van der Waals surface area contributed by atoms with E-state index in [1.807, 2.05) is 6.07 Å². The van der Waals surface area contributed by atoms with E-state index in [2.05, 4.69) is 9.88 Å². The first-order valence-corrected chi connectivity index (χ1v) is 10.3. The van der Waals surface area contributed by atoms with Crippen LogP contribution in [0.4, 0.5) is 10.1 Å². The molecular formula is C17H18ClFN2O2S. The molecule has 128 valence electrons. The molecule has 7 heteroatoms. The molecular weight excluding hydrogens is 351 g/mol. The Labute approximate surface area is 145 Å². The Kier molecular flexibility index (Phi) is 3.73. The standard InChI is InChI=1S/C17H18ClFN2O2S/c18-13-8-12-15(9-14(13)19)20-5-2-16(12)21-6-1-3-17(10-21)4-7-24(22,23)11-17/h2,5,8-9H,1,3-4,6-7,10-11H2. The van der Waals surface area contributed by atoms with Crippen molar-refractivity contribution in [2.75, 3.05) is 29.5 Å². The normalized spacial score (nSPS) is 26.3. The molecule has 1 aromatic carbocycles. The number of hydrogen-bond acceptors (Lipinski definition) is 4. The molecule has 0 N–H and O–H groups in total. The molecule has 3 heterocycles. The highest BCUT2D eigenvalue weighted by Crippen LogP contribution is 2.42. The van der Waals surface area contributed by atoms with Crippen molar-refractivity contribution in [3.63, 3.8) is 0 Å². The number of piperidine rings is 1. The lowest BCUT2D eigenvalue weighted by molar-refractivity contribution is 0.270. The summed E-state index contributed by atoms with van der Waals surface area (Å²) in [6, 6.07) is 4.86. The lowest BCUT2D eigenvalue weighted by atomic mass is 9.79. The molecule has 1 aromatic heterocycles. The molecule has 0 saturated carbocycles. The number of rotatable bonds is 1. The van der Waals surface area contributed by atoms with Gasteiger partial charge in [-0.25, -0.2) is 12.8 Å². The first-order chi connectivity index (χ1) is 11.4. The Balaban J connectivity index is 1.74. The third-order valence-electron chi connectivity index (χ3n) is 5.23. The van der Waals surface area contributed by atoms with E-state index in [-0.39, 0.29) is 21.9 Å². The maximum Gasteiger partial charge on any atom is 0.150 e. The zero-order valence-corrected chi connectivity index (χ0v) is 14.7. The summed E-state index contributed by atoms with van der Waals surface area (Å²) in [5, 5.41) is 0.883. The molecule has 0 amide bonds. The minimum atomic E-state index is -2.92. The fourth-order valence-electron chi connectivity index (χ4n) is 4.12. The van der Waals surface area contributed by atoms with Crippen molar-refractivity contribution in [3.05, 3.63) is 35.2 Å². The van der Waals surface area contributed by atoms with Gasteiger partial charge in [0.05, 0.1) is 22.0 Å². The second-order valence-corrected chi connectivity index (χ2v) is 9.57. The van der Waals surface area contributed by atoms with Gasteiger partial charge >= 0.3 is 0 Å². The molecule has 0 radical (unpaired) electrons. The Morgan fingerprint density at radius 2 is 2.12 bits per heavy atom. The van der Waals surface area contributed by atoms with Gasteiger partial charge in [-0.1, -0.05) is 11.6 Å². The van der Waals surface area contributed by atoms with Gasteiger partial charge in [-0.3, -0.25) is 4.98 Å². The highest BCUT2D eigenvalue weighted by molar-refractivity contribution is 7.91. The number of aromatic nitrogens is 1. The van der Waals surface area contributed by atoms with Crippen molar-refractivity contribution in [1.82, 2.24) is 4.98 Å². The smallest absolute Gasteiger partial charge is 0.150 e. The summed E-state index contributed by atoms with van der Waals surface area (Å²) < 4.78 is 37.6. The molecule has 2 aromatic rings. The lowest BCUT2D eigenvalue weighted by Gasteiger charge is -2.41. The number of nitrogens with zero attached hydrogens (tertiary/aromatic N) is 2. The summed E-state index contributed by atoms with van der Waals surface area (Å²) in [7, 11) is -2.92. The fraction of sp³-hybridized carbons (Fsp3) is 0.471. The maximum absolute atomic E-state index is 13.7. The van der Waals surface area contributed by atoms with Crippen molar-refractivity contribution < 1.29 is 12.8 Å². The van der Waals surface area contributed by atoms with Gasteiger partial charge in [0.15, 0.2) is 9.84 Å². The molecule has 4 nitrogen and oxygen atoms in total. The number of hydrogen-bond donors (Lipinski definition) is 0. The number of sulfone groups is 1. The molecule has 2 aliphatic rings. The van der Waals surface area contributed by atoms with E-state index < -0.39 is 15.7 Å². The molecule has 2 fully saturated rings. The number of fused-ring (bicyclic) bond motifs is 1. The van der Waals surface area contributed by atoms with Crippen molar-refractivity contribution in [2.45, 2.75) is 19.3 Å². The highest BCUT2D eigenvalue weighted by Gasteiger charge is 2.44. The Morgan fingerprint density at radius 1 is 1.29 bits per heavy atom. The van der Waals surface area contributed by atoms with Crippen molar-refractivity contribution in [3.8, 4) is 0 Å². The van der Waals surface area contributed by atoms with Crippen LogP contribution in [-0.2, 0) is 9.84 Å². The third-order valence-corrected chi connectivity index (χ3v) is 7.40. The van der Waals surface area contributed by atoms with Gasteiger partial charge in [0, 0.05) is 41.8 Å². The van der Waals surface area contributed by atoms with Gasteiger partial charge in [-0.2, -0.15) is 0 Å². The molecule has 1 spiro atoms. The average Bonchev–Trinajstić information content (AvgIpc) is 2.82. The number of pyridine rings is 1. The summed E-state index contributed by atoms with van der Waals surface area (Å²) in [6.07, 6.45) is 4.29. The molecule has 0 bridgehead atoms. The summed E-state index contributed by atoms with van der Waals surface area (Å²) >= 11 is 5.96. The topological polar surface area (TPSA) is 50.3 Å². The first kappa shape index (κ1) is 16.1. The molecule has 24 heavy (non-hydrogen) atoms. The van der Waals surface area contributed by atoms with Gasteiger partial charge in [-0.05, 0) is 31.4 Å². The number of halogens is 2. The Hall–Kier alpha value is -1.40. The molecule has 0 aliphatic carbocycles. The van der Waals surface area contributed by atoms with Gasteiger partial charge < -0.3 is 4.90 Å². The van der Waals surface area contributed by atoms with Crippen LogP contribution in [0.5, 0.6) is 0 Å². The van der Waals surface area contributed by atoms with Gasteiger partial charge in [0.1, 0.15) is 5.82 Å². The van der Waals surface area contributed by atoms with Crippen LogP contribution in [0.25, 0.3) is 10.9 Å². The van der Waals surface area contributed by atoms with Gasteiger partial charge in [-0.15, -0.1) is 0 Å². The molecule has 2 saturated heterocycles. The highest BCUT2D eigenvalue weighted by atomic mass is 35.5. The monoisotopic (exact) mass is 368 g/mol. The maximum atomic E-state index is 13.7. The van der Waals surface area contributed by atoms with Crippen molar-refractivity contribution in [1.29, 1.82) is 0 Å². The number of benzene rings is 1. The largest absolute Gasteiger partial charge is 0.370 e. The predicted molar refractivity (Wildman–Crippen MR) is 93.9 cm³/mol. The Bertz CT molecular complexity index is 918. The molecule has 1 atom stereocenters. The van der Waals surface area contributed by atoms with E-state index in [4.69, 9.17) is 11.6 Å². The van der Waals surface area contributed by atoms with E-state index in [0.29, 0.717) is 12.1 Å². The average molecular weight is 369 g/mol. The zero-order valence-electron chi connectivity index (χ0n) is 13.1. The second-order valence-electron chi connectivity index (χ2n) is 6.98. The van der Waals surface area contributed by atoms with Crippen molar-refractivity contribution >= 4 is 38.0 Å². The lowest BCUT2D eigenvalue weighted by Crippen LogP contribution is -2.44. The molecule has 2 aliphatic heterocycles. The van der Waals surface area contributed by atoms with E-state index in [9.17, 15) is 12.8 Å². The van der Waals surface area contributed by atoms with E-state index in [1.165, 1.54) is 6.07 Å². The summed E-state index contributed by atoms with van der Waals surface area (Å²) in [6.45, 7) is 1.57. The van der Waals surface area contributed by atoms with Gasteiger partial charge in [0.25, 0.3) is 0 Å². The van der Waals surface area contributed by atoms with Crippen LogP contribution in [0, 0.1) is 11.2 Å². The van der Waals surface area contributed by atoms with Crippen LogP contribution < -0.4 is 4.90 Å². The zero-order chi connectivity index (χ0) is 16.9. The quantitative estimate of drug-likeness (QED) is 0.773. The van der Waals surface area contributed by atoms with Crippen LogP contribution >= 0.6 is 11.6 Å². The fourth-order valence-corrected chi connectivity index (χ4v) is 6.49. The minimum absolute atomic E-state index is 0.0758. The summed E-state index contributed by atoms with van der Waals surface area (Å²) in [5.41, 5.74) is 1.36. The third kappa shape index (κ3) is 2.75. The molecule has 4 rings (SSSR count). The second kappa shape index (κ2) is 5.56. The van der Waals surface area contributed by atoms with Gasteiger partial charge in [0.2, 0.25) is 0 Å². The predicted octanol–water partition coefficient (Wildman–Crippen LogP) is 3.43. The van der Waals surface area contributed by atoms with Crippen LogP contribution in [0.3, 0.4) is 0 Å². The van der Waals surface area contributed by atoms with Crippen LogP contribution in [0.1, 0.15) is 19.3 Å². The van der Waals surface area contributed by atoms with Crippen molar-refractivity contribution in [2.24, 2.45) is 5.41 Å². The first-order valence-electron chi connectivity index (χ1n) is 8.07. The number of anilines is 1. The summed E-state index contributed by atoms with van der Waals surface area (Å²) in [5.74, 6) is 0.0787. The summed E-state index contributed by atoms with van der Waals surface area (Å²) in [4.78, 5) is 6.44. The molecule has 1 unspecified atom stereocenters. The van der Waals surface area contributed by atoms with Crippen LogP contribution in [0.15, 0.2) is 24.4 Å². The van der Waals surface area contributed by atoms with E-state index in [0.717, 1.165) is 36.9 Å². The van der Waals surface area contributed by atoms with E-state index >= 15 is 0 Å². The minimum Gasteiger partial charge on any atom is -0.370 e.